The van der Waals surface area contributed by atoms with Crippen LogP contribution in [-0.2, 0) is 10.1 Å². The zero-order valence-corrected chi connectivity index (χ0v) is 6.67. The second-order valence-corrected chi connectivity index (χ2v) is 3.69. The molecule has 1 atom stereocenters. The second-order valence-electron chi connectivity index (χ2n) is 2.19. The van der Waals surface area contributed by atoms with E-state index >= 15 is 0 Å². The quantitative estimate of drug-likeness (QED) is 0.311. The van der Waals surface area contributed by atoms with Gasteiger partial charge in [0.2, 0.25) is 0 Å². The van der Waals surface area contributed by atoms with Crippen LogP contribution in [0.4, 0.5) is 0 Å². The minimum absolute atomic E-state index is 0. The molecule has 1 unspecified atom stereocenters. The zero-order valence-electron chi connectivity index (χ0n) is 5.85. The van der Waals surface area contributed by atoms with Crippen LogP contribution in [0, 0.1) is 0 Å². The van der Waals surface area contributed by atoms with E-state index in [4.69, 9.17) is 9.66 Å². The molecule has 0 saturated heterocycles. The third-order valence-corrected chi connectivity index (χ3v) is 1.68. The SMILES string of the molecule is CN(C)C(O)CS(=O)(=O)O.[NaH]. The van der Waals surface area contributed by atoms with Crippen molar-refractivity contribution in [3.63, 3.8) is 0 Å². The Labute approximate surface area is 88.4 Å². The summed E-state index contributed by atoms with van der Waals surface area (Å²) in [7, 11) is -1.04. The zero-order chi connectivity index (χ0) is 8.36. The van der Waals surface area contributed by atoms with Crippen molar-refractivity contribution in [2.45, 2.75) is 6.23 Å². The van der Waals surface area contributed by atoms with Crippen molar-refractivity contribution < 1.29 is 18.1 Å². The maximum absolute atomic E-state index is 10.1. The van der Waals surface area contributed by atoms with Crippen molar-refractivity contribution >= 4 is 39.7 Å². The molecule has 0 fully saturated rings. The Bertz CT molecular complexity index is 190. The van der Waals surface area contributed by atoms with Crippen molar-refractivity contribution in [3.05, 3.63) is 0 Å². The molecule has 0 aromatic rings. The van der Waals surface area contributed by atoms with E-state index in [1.54, 1.807) is 0 Å². The van der Waals surface area contributed by atoms with E-state index in [1.165, 1.54) is 19.0 Å². The third-order valence-electron chi connectivity index (χ3n) is 0.956. The predicted octanol–water partition coefficient (Wildman–Crippen LogP) is -1.89. The van der Waals surface area contributed by atoms with Crippen molar-refractivity contribution in [1.29, 1.82) is 0 Å². The molecule has 64 valence electrons. The van der Waals surface area contributed by atoms with Gasteiger partial charge in [-0.1, -0.05) is 0 Å². The van der Waals surface area contributed by atoms with Gasteiger partial charge in [0.25, 0.3) is 10.1 Å². The van der Waals surface area contributed by atoms with Crippen molar-refractivity contribution in [3.8, 4) is 0 Å². The van der Waals surface area contributed by atoms with Crippen LogP contribution < -0.4 is 0 Å². The Kier molecular flexibility index (Phi) is 7.14. The fourth-order valence-electron chi connectivity index (χ4n) is 0.337. The summed E-state index contributed by atoms with van der Waals surface area (Å²) in [5.74, 6) is -0.653. The molecule has 0 radical (unpaired) electrons. The van der Waals surface area contributed by atoms with Gasteiger partial charge in [-0.15, -0.1) is 0 Å². The van der Waals surface area contributed by atoms with Crippen LogP contribution in [0.3, 0.4) is 0 Å². The topological polar surface area (TPSA) is 77.8 Å². The number of hydrogen-bond donors (Lipinski definition) is 2. The molecule has 0 rings (SSSR count). The van der Waals surface area contributed by atoms with E-state index < -0.39 is 22.1 Å². The molecule has 7 heteroatoms. The standard InChI is InChI=1S/C4H11NO4S.Na.H/c1-5(2)4(6)3-10(7,8)9;;/h4,6H,3H2,1-2H3,(H,7,8,9);;. The van der Waals surface area contributed by atoms with E-state index in [0.717, 1.165) is 0 Å². The first-order valence-electron chi connectivity index (χ1n) is 2.62. The summed E-state index contributed by atoms with van der Waals surface area (Å²) in [6, 6.07) is 0. The molecule has 11 heavy (non-hydrogen) atoms. The summed E-state index contributed by atoms with van der Waals surface area (Å²) < 4.78 is 28.5. The molecule has 0 spiro atoms. The van der Waals surface area contributed by atoms with E-state index in [2.05, 4.69) is 0 Å². The Hall–Kier alpha value is 0.830. The number of hydrogen-bond acceptors (Lipinski definition) is 4. The summed E-state index contributed by atoms with van der Waals surface area (Å²) in [4.78, 5) is 1.29. The maximum atomic E-state index is 10.1. The first-order valence-corrected chi connectivity index (χ1v) is 4.23. The van der Waals surface area contributed by atoms with Gasteiger partial charge in [0, 0.05) is 0 Å². The molecule has 0 amide bonds. The fraction of sp³-hybridized carbons (Fsp3) is 1.00. The molecular formula is C4H12NNaO4S. The van der Waals surface area contributed by atoms with Crippen molar-refractivity contribution in [1.82, 2.24) is 4.90 Å². The molecule has 0 aliphatic rings. The first-order chi connectivity index (χ1) is 4.33. The Balaban J connectivity index is 0. The molecule has 5 nitrogen and oxygen atoms in total. The van der Waals surface area contributed by atoms with Gasteiger partial charge in [0.15, 0.2) is 0 Å². The average Bonchev–Trinajstić information content (AvgIpc) is 1.60. The molecule has 0 heterocycles. The number of aliphatic hydroxyl groups excluding tert-OH is 1. The van der Waals surface area contributed by atoms with E-state index in [0.29, 0.717) is 0 Å². The van der Waals surface area contributed by atoms with Gasteiger partial charge >= 0.3 is 29.6 Å². The third kappa shape index (κ3) is 8.74. The van der Waals surface area contributed by atoms with Gasteiger partial charge in [-0.05, 0) is 14.1 Å². The normalized spacial score (nSPS) is 14.3. The molecule has 0 bridgehead atoms. The molecule has 0 aliphatic heterocycles. The van der Waals surface area contributed by atoms with Crippen LogP contribution in [0.2, 0.25) is 0 Å². The predicted molar refractivity (Wildman–Crippen MR) is 43.3 cm³/mol. The van der Waals surface area contributed by atoms with Crippen LogP contribution in [0.5, 0.6) is 0 Å². The molecule has 0 saturated carbocycles. The molecular weight excluding hydrogens is 181 g/mol. The Morgan fingerprint density at radius 2 is 1.82 bits per heavy atom. The number of aliphatic hydroxyl groups is 1. The van der Waals surface area contributed by atoms with Gasteiger partial charge in [0.1, 0.15) is 12.0 Å². The Morgan fingerprint density at radius 1 is 1.45 bits per heavy atom. The van der Waals surface area contributed by atoms with Crippen LogP contribution in [0.15, 0.2) is 0 Å². The summed E-state index contributed by atoms with van der Waals surface area (Å²) in [5, 5.41) is 8.85. The summed E-state index contributed by atoms with van der Waals surface area (Å²) >= 11 is 0. The number of rotatable bonds is 3. The summed E-state index contributed by atoms with van der Waals surface area (Å²) in [5.41, 5.74) is 0. The Morgan fingerprint density at radius 3 is 1.91 bits per heavy atom. The van der Waals surface area contributed by atoms with Crippen LogP contribution in [-0.4, -0.2) is 78.6 Å². The summed E-state index contributed by atoms with van der Waals surface area (Å²) in [6.07, 6.45) is -1.14. The van der Waals surface area contributed by atoms with Gasteiger partial charge in [-0.3, -0.25) is 9.45 Å². The first kappa shape index (κ1) is 14.4. The molecule has 2 N–H and O–H groups in total. The molecule has 0 aliphatic carbocycles. The van der Waals surface area contributed by atoms with E-state index in [9.17, 15) is 8.42 Å². The van der Waals surface area contributed by atoms with E-state index in [-0.39, 0.29) is 29.6 Å². The average molecular weight is 193 g/mol. The fourth-order valence-corrected chi connectivity index (χ4v) is 1.01. The number of nitrogens with zero attached hydrogens (tertiary/aromatic N) is 1. The molecule has 0 aromatic heterocycles. The van der Waals surface area contributed by atoms with E-state index in [1.807, 2.05) is 0 Å². The van der Waals surface area contributed by atoms with Crippen molar-refractivity contribution in [2.24, 2.45) is 0 Å². The van der Waals surface area contributed by atoms with Crippen LogP contribution in [0.1, 0.15) is 0 Å². The van der Waals surface area contributed by atoms with Gasteiger partial charge in [0.05, 0.1) is 0 Å². The van der Waals surface area contributed by atoms with Gasteiger partial charge in [-0.25, -0.2) is 0 Å². The van der Waals surface area contributed by atoms with Crippen molar-refractivity contribution in [2.75, 3.05) is 19.8 Å². The monoisotopic (exact) mass is 193 g/mol. The minimum atomic E-state index is -4.06. The molecule has 0 aromatic carbocycles. The van der Waals surface area contributed by atoms with Gasteiger partial charge in [-0.2, -0.15) is 8.42 Å². The van der Waals surface area contributed by atoms with Crippen LogP contribution in [0.25, 0.3) is 0 Å². The van der Waals surface area contributed by atoms with Gasteiger partial charge < -0.3 is 5.11 Å². The van der Waals surface area contributed by atoms with Crippen LogP contribution >= 0.6 is 0 Å². The summed E-state index contributed by atoms with van der Waals surface area (Å²) in [6.45, 7) is 0. The second kappa shape index (κ2) is 5.47.